The summed E-state index contributed by atoms with van der Waals surface area (Å²) in [5.41, 5.74) is 2.55. The van der Waals surface area contributed by atoms with E-state index in [0.29, 0.717) is 24.2 Å². The van der Waals surface area contributed by atoms with Gasteiger partial charge in [0.15, 0.2) is 0 Å². The zero-order valence-electron chi connectivity index (χ0n) is 16.3. The van der Waals surface area contributed by atoms with E-state index in [4.69, 9.17) is 11.6 Å². The lowest BCUT2D eigenvalue weighted by molar-refractivity contribution is -0.120. The number of carbonyl (C=O) groups is 2. The van der Waals surface area contributed by atoms with Crippen LogP contribution in [0.4, 0.5) is 5.69 Å². The highest BCUT2D eigenvalue weighted by Gasteiger charge is 2.33. The molecule has 0 aliphatic carbocycles. The van der Waals surface area contributed by atoms with E-state index in [1.54, 1.807) is 18.0 Å². The number of phenols is 1. The second-order valence-corrected chi connectivity index (χ2v) is 6.58. The molecule has 0 fully saturated rings. The molecule has 0 saturated heterocycles. The summed E-state index contributed by atoms with van der Waals surface area (Å²) in [5.74, 6) is 0.455. The van der Waals surface area contributed by atoms with E-state index in [0.717, 1.165) is 22.2 Å². The highest BCUT2D eigenvalue weighted by Crippen LogP contribution is 2.45. The van der Waals surface area contributed by atoms with E-state index in [-0.39, 0.29) is 29.9 Å². The van der Waals surface area contributed by atoms with E-state index in [1.807, 2.05) is 39.0 Å². The summed E-state index contributed by atoms with van der Waals surface area (Å²) in [7, 11) is 1.60. The lowest BCUT2D eigenvalue weighted by atomic mass is 9.93. The largest absolute Gasteiger partial charge is 0.507 e. The lowest BCUT2D eigenvalue weighted by Gasteiger charge is -2.17. The lowest BCUT2D eigenvalue weighted by Crippen LogP contribution is -2.29. The molecule has 1 atom stereocenters. The Morgan fingerprint density at radius 1 is 1.26 bits per heavy atom. The summed E-state index contributed by atoms with van der Waals surface area (Å²) in [6.07, 6.45) is 0.657. The van der Waals surface area contributed by atoms with Gasteiger partial charge in [0, 0.05) is 43.3 Å². The highest BCUT2D eigenvalue weighted by molar-refractivity contribution is 6.19. The van der Waals surface area contributed by atoms with Crippen LogP contribution < -0.4 is 10.2 Å². The molecule has 27 heavy (non-hydrogen) atoms. The number of likely N-dealkylation sites (N-methyl/N-ethyl adjacent to an activating group) is 1. The molecule has 1 unspecified atom stereocenters. The molecular weight excluding hydrogens is 364 g/mol. The fourth-order valence-electron chi connectivity index (χ4n) is 3.46. The fraction of sp³-hybridized carbons (Fsp3) is 0.429. The Kier molecular flexibility index (Phi) is 7.08. The number of nitrogens with one attached hydrogen (secondary N) is 1. The maximum absolute atomic E-state index is 12.3. The van der Waals surface area contributed by atoms with Crippen LogP contribution in [0.15, 0.2) is 24.3 Å². The van der Waals surface area contributed by atoms with Gasteiger partial charge in [-0.15, -0.1) is 11.6 Å². The smallest absolute Gasteiger partial charge is 0.226 e. The second kappa shape index (κ2) is 9.09. The monoisotopic (exact) mass is 390 g/mol. The molecule has 1 aliphatic rings. The van der Waals surface area contributed by atoms with Crippen LogP contribution >= 0.6 is 11.6 Å². The quantitative estimate of drug-likeness (QED) is 0.777. The SMILES string of the molecule is CC.CCC(=O)N1CC(CCl)c2c1cc(O)c1ccc(CC(=O)NC)cc21. The third-order valence-electron chi connectivity index (χ3n) is 4.73. The summed E-state index contributed by atoms with van der Waals surface area (Å²) < 4.78 is 0. The first-order valence-electron chi connectivity index (χ1n) is 9.35. The first-order chi connectivity index (χ1) is 13.0. The molecule has 5 nitrogen and oxygen atoms in total. The summed E-state index contributed by atoms with van der Waals surface area (Å²) in [6.45, 7) is 6.34. The standard InChI is InChI=1S/C19H21ClN2O3.C2H6/c1-3-18(25)22-10-12(9-20)19-14-6-11(7-17(24)21-2)4-5-13(14)16(23)8-15(19)22;1-2/h4-6,8,12,23H,3,7,9-10H2,1-2H3,(H,21,24);1-2H3. The van der Waals surface area contributed by atoms with Gasteiger partial charge in [-0.1, -0.05) is 39.0 Å². The third-order valence-corrected chi connectivity index (χ3v) is 5.11. The number of phenolic OH excluding ortho intramolecular Hbond substituents is 1. The van der Waals surface area contributed by atoms with Crippen molar-refractivity contribution in [3.05, 3.63) is 35.4 Å². The van der Waals surface area contributed by atoms with E-state index in [2.05, 4.69) is 5.32 Å². The van der Waals surface area contributed by atoms with Crippen molar-refractivity contribution in [1.29, 1.82) is 0 Å². The number of benzene rings is 2. The Labute approximate surface area is 165 Å². The number of carbonyl (C=O) groups excluding carboxylic acids is 2. The van der Waals surface area contributed by atoms with Crippen molar-refractivity contribution in [2.75, 3.05) is 24.4 Å². The minimum atomic E-state index is -0.0761. The zero-order valence-corrected chi connectivity index (χ0v) is 17.1. The van der Waals surface area contributed by atoms with Gasteiger partial charge in [0.05, 0.1) is 12.1 Å². The van der Waals surface area contributed by atoms with Crippen LogP contribution in [0.1, 0.15) is 44.2 Å². The van der Waals surface area contributed by atoms with Gasteiger partial charge in [-0.3, -0.25) is 9.59 Å². The van der Waals surface area contributed by atoms with Crippen molar-refractivity contribution in [2.45, 2.75) is 39.5 Å². The molecule has 1 heterocycles. The van der Waals surface area contributed by atoms with E-state index >= 15 is 0 Å². The molecular formula is C21H27ClN2O3. The van der Waals surface area contributed by atoms with Gasteiger partial charge in [0.2, 0.25) is 11.8 Å². The number of alkyl halides is 1. The van der Waals surface area contributed by atoms with Crippen molar-refractivity contribution in [3.8, 4) is 5.75 Å². The van der Waals surface area contributed by atoms with E-state index in [9.17, 15) is 14.7 Å². The number of nitrogens with zero attached hydrogens (tertiary/aromatic N) is 1. The fourth-order valence-corrected chi connectivity index (χ4v) is 3.71. The summed E-state index contributed by atoms with van der Waals surface area (Å²) in [4.78, 5) is 25.7. The van der Waals surface area contributed by atoms with Crippen LogP contribution in [0, 0.1) is 0 Å². The summed E-state index contributed by atoms with van der Waals surface area (Å²) >= 11 is 6.17. The van der Waals surface area contributed by atoms with Crippen LogP contribution in [0.25, 0.3) is 10.8 Å². The van der Waals surface area contributed by atoms with Crippen LogP contribution in [0.5, 0.6) is 5.75 Å². The van der Waals surface area contributed by atoms with Crippen LogP contribution in [0.2, 0.25) is 0 Å². The number of rotatable bonds is 4. The first kappa shape index (κ1) is 21.0. The number of aromatic hydroxyl groups is 1. The molecule has 2 aromatic rings. The molecule has 2 amide bonds. The number of halogens is 1. The van der Waals surface area contributed by atoms with Gasteiger partial charge in [-0.05, 0) is 16.5 Å². The molecule has 2 N–H and O–H groups in total. The Bertz CT molecular complexity index is 851. The van der Waals surface area contributed by atoms with Gasteiger partial charge >= 0.3 is 0 Å². The van der Waals surface area contributed by atoms with Crippen molar-refractivity contribution < 1.29 is 14.7 Å². The third kappa shape index (κ3) is 4.03. The van der Waals surface area contributed by atoms with Gasteiger partial charge in [0.25, 0.3) is 0 Å². The Morgan fingerprint density at radius 2 is 1.96 bits per heavy atom. The van der Waals surface area contributed by atoms with Gasteiger partial charge in [0.1, 0.15) is 5.75 Å². The summed E-state index contributed by atoms with van der Waals surface area (Å²) in [6, 6.07) is 7.22. The average molecular weight is 391 g/mol. The molecule has 6 heteroatoms. The molecule has 0 bridgehead atoms. The van der Waals surface area contributed by atoms with Crippen molar-refractivity contribution in [2.24, 2.45) is 0 Å². The minimum Gasteiger partial charge on any atom is -0.507 e. The van der Waals surface area contributed by atoms with Crippen LogP contribution in [-0.4, -0.2) is 36.4 Å². The van der Waals surface area contributed by atoms with E-state index in [1.165, 1.54) is 0 Å². The molecule has 3 rings (SSSR count). The summed E-state index contributed by atoms with van der Waals surface area (Å²) in [5, 5.41) is 14.6. The molecule has 0 radical (unpaired) electrons. The number of anilines is 1. The molecule has 2 aromatic carbocycles. The minimum absolute atomic E-state index is 0.00511. The first-order valence-corrected chi connectivity index (χ1v) is 9.89. The molecule has 146 valence electrons. The molecule has 1 aliphatic heterocycles. The van der Waals surface area contributed by atoms with Gasteiger partial charge in [-0.2, -0.15) is 0 Å². The second-order valence-electron chi connectivity index (χ2n) is 6.27. The number of hydrogen-bond donors (Lipinski definition) is 2. The molecule has 0 spiro atoms. The zero-order chi connectivity index (χ0) is 20.1. The van der Waals surface area contributed by atoms with Crippen molar-refractivity contribution >= 4 is 39.9 Å². The average Bonchev–Trinajstić information content (AvgIpc) is 3.07. The Hall–Kier alpha value is -2.27. The van der Waals surface area contributed by atoms with Gasteiger partial charge < -0.3 is 15.3 Å². The van der Waals surface area contributed by atoms with Gasteiger partial charge in [-0.25, -0.2) is 0 Å². The van der Waals surface area contributed by atoms with Crippen LogP contribution in [0.3, 0.4) is 0 Å². The van der Waals surface area contributed by atoms with Crippen molar-refractivity contribution in [1.82, 2.24) is 5.32 Å². The maximum Gasteiger partial charge on any atom is 0.226 e. The van der Waals surface area contributed by atoms with Crippen molar-refractivity contribution in [3.63, 3.8) is 0 Å². The maximum atomic E-state index is 12.3. The topological polar surface area (TPSA) is 69.6 Å². The predicted molar refractivity (Wildman–Crippen MR) is 111 cm³/mol. The Balaban J connectivity index is 0.00000126. The molecule has 0 saturated carbocycles. The highest BCUT2D eigenvalue weighted by atomic mass is 35.5. The number of hydrogen-bond acceptors (Lipinski definition) is 3. The number of amides is 2. The number of fused-ring (bicyclic) bond motifs is 3. The normalized spacial score (nSPS) is 15.1. The van der Waals surface area contributed by atoms with Crippen LogP contribution in [-0.2, 0) is 16.0 Å². The molecule has 0 aromatic heterocycles. The Morgan fingerprint density at radius 3 is 2.56 bits per heavy atom. The van der Waals surface area contributed by atoms with E-state index < -0.39 is 0 Å². The predicted octanol–water partition coefficient (Wildman–Crippen LogP) is 3.94.